The van der Waals surface area contributed by atoms with Crippen molar-refractivity contribution < 1.29 is 0 Å². The minimum absolute atomic E-state index is 0.789. The fourth-order valence-corrected chi connectivity index (χ4v) is 2.44. The SMILES string of the molecule is [CH2]c1cccc(Sc2ccccc2Cl)c1. The summed E-state index contributed by atoms with van der Waals surface area (Å²) in [6.07, 6.45) is 0. The van der Waals surface area contributed by atoms with E-state index < -0.39 is 0 Å². The van der Waals surface area contributed by atoms with Crippen LogP contribution < -0.4 is 0 Å². The molecule has 0 atom stereocenters. The van der Waals surface area contributed by atoms with Crippen molar-refractivity contribution in [2.45, 2.75) is 9.79 Å². The van der Waals surface area contributed by atoms with Gasteiger partial charge in [0.1, 0.15) is 0 Å². The van der Waals surface area contributed by atoms with Gasteiger partial charge in [0.25, 0.3) is 0 Å². The Balaban J connectivity index is 2.26. The van der Waals surface area contributed by atoms with Crippen LogP contribution in [0.2, 0.25) is 5.02 Å². The normalized spacial score (nSPS) is 10.3. The van der Waals surface area contributed by atoms with E-state index in [1.165, 1.54) is 0 Å². The minimum Gasteiger partial charge on any atom is -0.0885 e. The summed E-state index contributed by atoms with van der Waals surface area (Å²) in [5, 5.41) is 0.789. The average Bonchev–Trinajstić information content (AvgIpc) is 2.22. The first-order valence-electron chi connectivity index (χ1n) is 4.60. The smallest absolute Gasteiger partial charge is 0.0545 e. The molecule has 0 spiro atoms. The van der Waals surface area contributed by atoms with E-state index in [0.717, 1.165) is 20.4 Å². The first kappa shape index (κ1) is 10.6. The van der Waals surface area contributed by atoms with Crippen molar-refractivity contribution in [2.75, 3.05) is 0 Å². The minimum atomic E-state index is 0.789. The lowest BCUT2D eigenvalue weighted by Crippen LogP contribution is -1.76. The summed E-state index contributed by atoms with van der Waals surface area (Å²) in [6, 6.07) is 15.9. The van der Waals surface area contributed by atoms with Crippen LogP contribution in [-0.2, 0) is 0 Å². The molecule has 0 saturated heterocycles. The lowest BCUT2D eigenvalue weighted by atomic mass is 10.2. The molecule has 0 aliphatic rings. The summed E-state index contributed by atoms with van der Waals surface area (Å²) in [4.78, 5) is 2.24. The largest absolute Gasteiger partial charge is 0.0885 e. The lowest BCUT2D eigenvalue weighted by Gasteiger charge is -2.04. The Morgan fingerprint density at radius 3 is 2.53 bits per heavy atom. The van der Waals surface area contributed by atoms with Crippen LogP contribution in [-0.4, -0.2) is 0 Å². The predicted molar refractivity (Wildman–Crippen MR) is 66.5 cm³/mol. The second-order valence-electron chi connectivity index (χ2n) is 3.18. The highest BCUT2D eigenvalue weighted by atomic mass is 35.5. The van der Waals surface area contributed by atoms with Crippen molar-refractivity contribution in [3.05, 3.63) is 66.0 Å². The van der Waals surface area contributed by atoms with Gasteiger partial charge in [-0.25, -0.2) is 0 Å². The summed E-state index contributed by atoms with van der Waals surface area (Å²) in [7, 11) is 0. The standard InChI is InChI=1S/C13H10ClS/c1-10-5-4-6-11(9-10)15-13-8-3-2-7-12(13)14/h2-9H,1H2. The van der Waals surface area contributed by atoms with Crippen molar-refractivity contribution >= 4 is 23.4 Å². The van der Waals surface area contributed by atoms with Crippen LogP contribution in [0, 0.1) is 6.92 Å². The zero-order chi connectivity index (χ0) is 10.7. The third-order valence-corrected chi connectivity index (χ3v) is 3.47. The zero-order valence-corrected chi connectivity index (χ0v) is 9.68. The molecule has 0 aliphatic heterocycles. The number of rotatable bonds is 2. The molecule has 2 aromatic carbocycles. The molecular weight excluding hydrogens is 224 g/mol. The van der Waals surface area contributed by atoms with Gasteiger partial charge >= 0.3 is 0 Å². The highest BCUT2D eigenvalue weighted by Crippen LogP contribution is 2.33. The molecule has 0 bridgehead atoms. The Morgan fingerprint density at radius 1 is 1.00 bits per heavy atom. The van der Waals surface area contributed by atoms with Crippen molar-refractivity contribution in [3.63, 3.8) is 0 Å². The Labute approximate surface area is 99.3 Å². The van der Waals surface area contributed by atoms with Crippen LogP contribution in [0.3, 0.4) is 0 Å². The van der Waals surface area contributed by atoms with Crippen molar-refractivity contribution in [2.24, 2.45) is 0 Å². The average molecular weight is 234 g/mol. The molecule has 0 fully saturated rings. The topological polar surface area (TPSA) is 0 Å². The zero-order valence-electron chi connectivity index (χ0n) is 8.11. The van der Waals surface area contributed by atoms with Crippen molar-refractivity contribution in [1.82, 2.24) is 0 Å². The van der Waals surface area contributed by atoms with Crippen LogP contribution in [0.4, 0.5) is 0 Å². The van der Waals surface area contributed by atoms with Crippen LogP contribution >= 0.6 is 23.4 Å². The monoisotopic (exact) mass is 233 g/mol. The summed E-state index contributed by atoms with van der Waals surface area (Å²) >= 11 is 7.73. The molecule has 0 aromatic heterocycles. The Kier molecular flexibility index (Phi) is 3.34. The maximum absolute atomic E-state index is 6.08. The first-order valence-corrected chi connectivity index (χ1v) is 5.79. The van der Waals surface area contributed by atoms with E-state index in [1.54, 1.807) is 11.8 Å². The molecule has 15 heavy (non-hydrogen) atoms. The molecule has 1 radical (unpaired) electrons. The Bertz CT molecular complexity index is 466. The van der Waals surface area contributed by atoms with Gasteiger partial charge in [-0.1, -0.05) is 47.6 Å². The van der Waals surface area contributed by atoms with E-state index in [9.17, 15) is 0 Å². The predicted octanol–water partition coefficient (Wildman–Crippen LogP) is 4.67. The molecule has 0 unspecified atom stereocenters. The van der Waals surface area contributed by atoms with Gasteiger partial charge < -0.3 is 0 Å². The summed E-state index contributed by atoms with van der Waals surface area (Å²) in [6.45, 7) is 3.90. The highest BCUT2D eigenvalue weighted by molar-refractivity contribution is 7.99. The van der Waals surface area contributed by atoms with E-state index in [0.29, 0.717) is 0 Å². The van der Waals surface area contributed by atoms with E-state index in [-0.39, 0.29) is 0 Å². The van der Waals surface area contributed by atoms with Gasteiger partial charge in [-0.3, -0.25) is 0 Å². The number of benzene rings is 2. The van der Waals surface area contributed by atoms with E-state index in [1.807, 2.05) is 42.5 Å². The van der Waals surface area contributed by atoms with Crippen molar-refractivity contribution in [1.29, 1.82) is 0 Å². The lowest BCUT2D eigenvalue weighted by molar-refractivity contribution is 1.39. The third kappa shape index (κ3) is 2.77. The molecular formula is C13H10ClS. The molecule has 0 heterocycles. The number of hydrogen-bond acceptors (Lipinski definition) is 1. The van der Waals surface area contributed by atoms with Gasteiger partial charge in [0.15, 0.2) is 0 Å². The molecule has 0 saturated carbocycles. The second-order valence-corrected chi connectivity index (χ2v) is 4.70. The second kappa shape index (κ2) is 4.73. The van der Waals surface area contributed by atoms with Gasteiger partial charge in [-0.05, 0) is 36.8 Å². The van der Waals surface area contributed by atoms with Crippen LogP contribution in [0.5, 0.6) is 0 Å². The molecule has 0 N–H and O–H groups in total. The summed E-state index contributed by atoms with van der Waals surface area (Å²) in [5.74, 6) is 0. The van der Waals surface area contributed by atoms with Crippen LogP contribution in [0.15, 0.2) is 58.3 Å². The van der Waals surface area contributed by atoms with E-state index in [4.69, 9.17) is 11.6 Å². The maximum Gasteiger partial charge on any atom is 0.0545 e. The molecule has 2 heteroatoms. The molecule has 0 amide bonds. The molecule has 2 aromatic rings. The fraction of sp³-hybridized carbons (Fsp3) is 0. The van der Waals surface area contributed by atoms with Crippen LogP contribution in [0.1, 0.15) is 5.56 Å². The summed E-state index contributed by atoms with van der Waals surface area (Å²) in [5.41, 5.74) is 1.02. The Hall–Kier alpha value is -0.920. The third-order valence-electron chi connectivity index (χ3n) is 1.96. The van der Waals surface area contributed by atoms with Gasteiger partial charge in [0.05, 0.1) is 5.02 Å². The fourth-order valence-electron chi connectivity index (χ4n) is 1.26. The first-order chi connectivity index (χ1) is 7.25. The molecule has 0 aliphatic carbocycles. The quantitative estimate of drug-likeness (QED) is 0.726. The Morgan fingerprint density at radius 2 is 1.80 bits per heavy atom. The van der Waals surface area contributed by atoms with Gasteiger partial charge in [0, 0.05) is 9.79 Å². The maximum atomic E-state index is 6.08. The highest BCUT2D eigenvalue weighted by Gasteiger charge is 2.01. The van der Waals surface area contributed by atoms with Gasteiger partial charge in [-0.2, -0.15) is 0 Å². The van der Waals surface area contributed by atoms with E-state index >= 15 is 0 Å². The molecule has 75 valence electrons. The number of hydrogen-bond donors (Lipinski definition) is 0. The number of halogens is 1. The molecule has 0 nitrogen and oxygen atoms in total. The summed E-state index contributed by atoms with van der Waals surface area (Å²) < 4.78 is 0. The molecule has 2 rings (SSSR count). The van der Waals surface area contributed by atoms with Gasteiger partial charge in [0.2, 0.25) is 0 Å². The van der Waals surface area contributed by atoms with Crippen LogP contribution in [0.25, 0.3) is 0 Å². The van der Waals surface area contributed by atoms with E-state index in [2.05, 4.69) is 13.0 Å². The van der Waals surface area contributed by atoms with Gasteiger partial charge in [-0.15, -0.1) is 0 Å². The van der Waals surface area contributed by atoms with Crippen molar-refractivity contribution in [3.8, 4) is 0 Å².